The van der Waals surface area contributed by atoms with Crippen LogP contribution in [0.3, 0.4) is 0 Å². The average Bonchev–Trinajstić information content (AvgIpc) is 3.20. The van der Waals surface area contributed by atoms with Crippen LogP contribution >= 0.6 is 0 Å². The maximum atomic E-state index is 12.1. The van der Waals surface area contributed by atoms with Crippen LogP contribution in [0.4, 0.5) is 17.2 Å². The number of H-pyrrole nitrogens is 1. The van der Waals surface area contributed by atoms with E-state index in [1.165, 1.54) is 29.8 Å². The second-order valence-corrected chi connectivity index (χ2v) is 9.70. The number of benzene rings is 1. The predicted molar refractivity (Wildman–Crippen MR) is 110 cm³/mol. The van der Waals surface area contributed by atoms with Crippen molar-refractivity contribution in [2.45, 2.75) is 18.3 Å². The van der Waals surface area contributed by atoms with Gasteiger partial charge in [0.25, 0.3) is 0 Å². The number of fused-ring (bicyclic) bond motifs is 3. The van der Waals surface area contributed by atoms with Gasteiger partial charge in [-0.3, -0.25) is 4.31 Å². The van der Waals surface area contributed by atoms with E-state index in [4.69, 9.17) is 6.57 Å². The topological polar surface area (TPSA) is 82.5 Å². The Balaban J connectivity index is 1.72. The number of anilines is 2. The monoisotopic (exact) mass is 393 g/mol. The first-order valence-electron chi connectivity index (χ1n) is 9.04. The molecule has 28 heavy (non-hydrogen) atoms. The van der Waals surface area contributed by atoms with Crippen molar-refractivity contribution in [1.82, 2.24) is 9.97 Å². The Morgan fingerprint density at radius 1 is 1.29 bits per heavy atom. The number of aromatic amines is 1. The first-order valence-corrected chi connectivity index (χ1v) is 10.9. The van der Waals surface area contributed by atoms with Crippen LogP contribution in [-0.4, -0.2) is 38.2 Å². The number of hydrogen-bond acceptors (Lipinski definition) is 4. The van der Waals surface area contributed by atoms with Gasteiger partial charge in [-0.2, -0.15) is 0 Å². The highest BCUT2D eigenvalue weighted by molar-refractivity contribution is 7.92. The van der Waals surface area contributed by atoms with Gasteiger partial charge >= 0.3 is 0 Å². The molecule has 1 aliphatic carbocycles. The van der Waals surface area contributed by atoms with E-state index < -0.39 is 10.0 Å². The number of nitrogens with one attached hydrogen (secondary N) is 2. The maximum absolute atomic E-state index is 12.1. The van der Waals surface area contributed by atoms with Gasteiger partial charge in [0.2, 0.25) is 10.0 Å². The van der Waals surface area contributed by atoms with Crippen molar-refractivity contribution in [2.75, 3.05) is 29.5 Å². The summed E-state index contributed by atoms with van der Waals surface area (Å²) >= 11 is 0. The molecule has 3 heterocycles. The highest BCUT2D eigenvalue weighted by Gasteiger charge is 2.49. The molecule has 1 spiro atoms. The quantitative estimate of drug-likeness (QED) is 0.666. The zero-order chi connectivity index (χ0) is 19.7. The highest BCUT2D eigenvalue weighted by Crippen LogP contribution is 2.54. The molecule has 7 nitrogen and oxygen atoms in total. The molecule has 0 unspecified atom stereocenters. The van der Waals surface area contributed by atoms with Crippen LogP contribution in [0.15, 0.2) is 30.6 Å². The third-order valence-corrected chi connectivity index (χ3v) is 7.13. The smallest absolute Gasteiger partial charge is 0.232 e. The molecule has 1 aromatic carbocycles. The molecule has 1 fully saturated rings. The lowest BCUT2D eigenvalue weighted by Crippen LogP contribution is -2.25. The van der Waals surface area contributed by atoms with E-state index in [-0.39, 0.29) is 5.41 Å². The fraction of sp³-hybridized carbons (Fsp3) is 0.300. The van der Waals surface area contributed by atoms with Gasteiger partial charge in [-0.05, 0) is 36.4 Å². The second-order valence-electron chi connectivity index (χ2n) is 7.69. The van der Waals surface area contributed by atoms with E-state index in [0.29, 0.717) is 16.9 Å². The molecular formula is C20H19N5O2S. The lowest BCUT2D eigenvalue weighted by Gasteiger charge is -2.18. The molecule has 8 heteroatoms. The molecule has 1 aliphatic heterocycles. The van der Waals surface area contributed by atoms with Gasteiger partial charge in [-0.15, -0.1) is 0 Å². The summed E-state index contributed by atoms with van der Waals surface area (Å²) in [6, 6.07) is 5.58. The molecule has 5 rings (SSSR count). The number of hydrogen-bond donors (Lipinski definition) is 2. The van der Waals surface area contributed by atoms with E-state index in [0.717, 1.165) is 35.1 Å². The van der Waals surface area contributed by atoms with Gasteiger partial charge in [0.05, 0.1) is 24.0 Å². The van der Waals surface area contributed by atoms with Crippen LogP contribution in [0.5, 0.6) is 0 Å². The molecule has 0 saturated heterocycles. The Labute approximate surface area is 163 Å². The van der Waals surface area contributed by atoms with Gasteiger partial charge < -0.3 is 10.3 Å². The summed E-state index contributed by atoms with van der Waals surface area (Å²) in [6.45, 7) is 8.37. The molecule has 2 aliphatic rings. The lowest BCUT2D eigenvalue weighted by atomic mass is 9.96. The molecule has 0 bridgehead atoms. The van der Waals surface area contributed by atoms with Crippen LogP contribution in [0.2, 0.25) is 0 Å². The largest absolute Gasteiger partial charge is 0.369 e. The first-order chi connectivity index (χ1) is 13.3. The van der Waals surface area contributed by atoms with Crippen molar-refractivity contribution in [3.05, 3.63) is 47.6 Å². The summed E-state index contributed by atoms with van der Waals surface area (Å²) in [5.41, 5.74) is 4.93. The minimum atomic E-state index is -3.45. The van der Waals surface area contributed by atoms with Crippen molar-refractivity contribution in [3.8, 4) is 11.1 Å². The van der Waals surface area contributed by atoms with Crippen molar-refractivity contribution < 1.29 is 8.42 Å². The average molecular weight is 393 g/mol. The number of pyridine rings is 1. The third kappa shape index (κ3) is 2.39. The van der Waals surface area contributed by atoms with E-state index in [2.05, 4.69) is 26.2 Å². The molecule has 2 N–H and O–H groups in total. The Morgan fingerprint density at radius 3 is 2.75 bits per heavy atom. The molecule has 0 radical (unpaired) electrons. The van der Waals surface area contributed by atoms with E-state index >= 15 is 0 Å². The highest BCUT2D eigenvalue weighted by atomic mass is 32.2. The molecule has 0 amide bonds. The van der Waals surface area contributed by atoms with Crippen molar-refractivity contribution in [2.24, 2.45) is 0 Å². The fourth-order valence-corrected chi connectivity index (χ4v) is 4.53. The molecule has 3 aromatic rings. The summed E-state index contributed by atoms with van der Waals surface area (Å²) in [7, 11) is -1.96. The Kier molecular flexibility index (Phi) is 3.35. The first kappa shape index (κ1) is 17.1. The standard InChI is InChI=1S/C20H19N5O2S/c1-21-13-7-14-15(10-22-18(14)17(8-13)25(2)28(3,26)27)12-6-16-19(23-9-12)24-11-20(16)4-5-20/h6-10,22H,4-5,11H2,2-3H3,(H,23,24). The van der Waals surface area contributed by atoms with Gasteiger partial charge in [0.1, 0.15) is 5.82 Å². The summed E-state index contributed by atoms with van der Waals surface area (Å²) in [4.78, 5) is 11.4. The second kappa shape index (κ2) is 5.49. The molecule has 142 valence electrons. The Hall–Kier alpha value is -3.05. The predicted octanol–water partition coefficient (Wildman–Crippen LogP) is 3.63. The number of aromatic nitrogens is 2. The minimum absolute atomic E-state index is 0.230. The number of nitrogens with zero attached hydrogens (tertiary/aromatic N) is 3. The van der Waals surface area contributed by atoms with Gasteiger partial charge in [-0.25, -0.2) is 18.2 Å². The van der Waals surface area contributed by atoms with Crippen molar-refractivity contribution in [1.29, 1.82) is 0 Å². The summed E-state index contributed by atoms with van der Waals surface area (Å²) < 4.78 is 25.4. The normalized spacial score (nSPS) is 16.6. The van der Waals surface area contributed by atoms with Crippen LogP contribution < -0.4 is 9.62 Å². The van der Waals surface area contributed by atoms with Gasteiger partial charge in [0.15, 0.2) is 5.69 Å². The summed E-state index contributed by atoms with van der Waals surface area (Å²) in [5.74, 6) is 0.959. The zero-order valence-corrected chi connectivity index (χ0v) is 16.4. The third-order valence-electron chi connectivity index (χ3n) is 5.94. The van der Waals surface area contributed by atoms with Crippen molar-refractivity contribution >= 4 is 38.1 Å². The lowest BCUT2D eigenvalue weighted by molar-refractivity contribution is 0.600. The number of sulfonamides is 1. The Bertz CT molecular complexity index is 1280. The van der Waals surface area contributed by atoms with Gasteiger partial charge in [0, 0.05) is 48.1 Å². The van der Waals surface area contributed by atoms with E-state index in [1.54, 1.807) is 12.1 Å². The Morgan fingerprint density at radius 2 is 2.07 bits per heavy atom. The molecule has 2 aromatic heterocycles. The van der Waals surface area contributed by atoms with Crippen LogP contribution in [0.25, 0.3) is 26.9 Å². The van der Waals surface area contributed by atoms with Crippen LogP contribution in [0, 0.1) is 6.57 Å². The zero-order valence-electron chi connectivity index (χ0n) is 15.6. The maximum Gasteiger partial charge on any atom is 0.232 e. The summed E-state index contributed by atoms with van der Waals surface area (Å²) in [5, 5.41) is 4.21. The van der Waals surface area contributed by atoms with Gasteiger partial charge in [-0.1, -0.05) is 0 Å². The fourth-order valence-electron chi connectivity index (χ4n) is 4.03. The van der Waals surface area contributed by atoms with Crippen LogP contribution in [-0.2, 0) is 15.4 Å². The van der Waals surface area contributed by atoms with E-state index in [9.17, 15) is 8.42 Å². The van der Waals surface area contributed by atoms with Crippen molar-refractivity contribution in [3.63, 3.8) is 0 Å². The van der Waals surface area contributed by atoms with Crippen LogP contribution in [0.1, 0.15) is 18.4 Å². The molecule has 0 atom stereocenters. The molecular weight excluding hydrogens is 374 g/mol. The SMILES string of the molecule is [C-]#[N+]c1cc(N(C)S(C)(=O)=O)c2[nH]cc(-c3cnc4c(c3)C3(CC3)CN4)c2c1. The summed E-state index contributed by atoms with van der Waals surface area (Å²) in [6.07, 6.45) is 7.21. The number of rotatable bonds is 3. The molecule has 1 saturated carbocycles. The van der Waals surface area contributed by atoms with E-state index in [1.807, 2.05) is 12.4 Å². The minimum Gasteiger partial charge on any atom is -0.369 e.